The second-order valence-electron chi connectivity index (χ2n) is 7.50. The van der Waals surface area contributed by atoms with Crippen LogP contribution in [-0.2, 0) is 9.59 Å². The van der Waals surface area contributed by atoms with Crippen LogP contribution in [0.25, 0.3) is 0 Å². The zero-order valence-corrected chi connectivity index (χ0v) is 16.7. The number of likely N-dealkylation sites (tertiary alicyclic amines) is 1. The van der Waals surface area contributed by atoms with Crippen molar-refractivity contribution in [1.29, 1.82) is 0 Å². The predicted molar refractivity (Wildman–Crippen MR) is 111 cm³/mol. The molecule has 1 aromatic carbocycles. The molecule has 2 aliphatic rings. The Bertz CT molecular complexity index is 861. The van der Waals surface area contributed by atoms with Crippen LogP contribution in [0.15, 0.2) is 48.7 Å². The third kappa shape index (κ3) is 4.75. The minimum atomic E-state index is -0.319. The molecule has 2 aromatic rings. The second kappa shape index (κ2) is 8.90. The Hall–Kier alpha value is -2.48. The first-order valence-corrected chi connectivity index (χ1v) is 10.2. The molecule has 7 nitrogen and oxygen atoms in total. The van der Waals surface area contributed by atoms with Gasteiger partial charge < -0.3 is 10.2 Å². The summed E-state index contributed by atoms with van der Waals surface area (Å²) in [6.45, 7) is 1.11. The molecule has 0 aliphatic carbocycles. The van der Waals surface area contributed by atoms with Crippen LogP contribution in [0.3, 0.4) is 0 Å². The first kappa shape index (κ1) is 19.8. The number of benzene rings is 1. The highest BCUT2D eigenvalue weighted by molar-refractivity contribution is 6.30. The number of carbonyl (C=O) groups is 2. The molecule has 3 unspecified atom stereocenters. The molecule has 2 fully saturated rings. The van der Waals surface area contributed by atoms with E-state index < -0.39 is 0 Å². The Balaban J connectivity index is 1.33. The maximum absolute atomic E-state index is 13.0. The number of nitrogens with zero attached hydrogens (tertiary/aromatic N) is 2. The van der Waals surface area contributed by atoms with Crippen LogP contribution in [-0.4, -0.2) is 40.8 Å². The molecule has 0 saturated carbocycles. The summed E-state index contributed by atoms with van der Waals surface area (Å²) in [5.41, 5.74) is 7.88. The number of hydrogen-bond donors (Lipinski definition) is 3. The number of aromatic nitrogens is 1. The minimum absolute atomic E-state index is 0.000981. The summed E-state index contributed by atoms with van der Waals surface area (Å²) in [5, 5.41) is 3.55. The Morgan fingerprint density at radius 2 is 1.97 bits per heavy atom. The van der Waals surface area contributed by atoms with Gasteiger partial charge in [0, 0.05) is 30.0 Å². The third-order valence-corrected chi connectivity index (χ3v) is 5.71. The van der Waals surface area contributed by atoms with Crippen molar-refractivity contribution < 1.29 is 9.59 Å². The van der Waals surface area contributed by atoms with Crippen molar-refractivity contribution in [2.45, 2.75) is 31.3 Å². The number of rotatable bonds is 4. The van der Waals surface area contributed by atoms with E-state index in [9.17, 15) is 9.59 Å². The lowest BCUT2D eigenvalue weighted by molar-refractivity contribution is -0.136. The Morgan fingerprint density at radius 3 is 2.72 bits per heavy atom. The molecule has 2 aliphatic heterocycles. The van der Waals surface area contributed by atoms with Crippen LogP contribution >= 0.6 is 11.6 Å². The average Bonchev–Trinajstić information content (AvgIpc) is 3.26. The number of amides is 2. The van der Waals surface area contributed by atoms with E-state index in [0.29, 0.717) is 30.2 Å². The highest BCUT2D eigenvalue weighted by Crippen LogP contribution is 2.24. The molecule has 0 bridgehead atoms. The van der Waals surface area contributed by atoms with Crippen LogP contribution < -0.4 is 16.2 Å². The first-order chi connectivity index (χ1) is 14.1. The fourth-order valence-corrected chi connectivity index (χ4v) is 4.01. The molecular weight excluding hydrogens is 390 g/mol. The highest BCUT2D eigenvalue weighted by atomic mass is 35.5. The lowest BCUT2D eigenvalue weighted by atomic mass is 9.96. The van der Waals surface area contributed by atoms with E-state index in [1.165, 1.54) is 0 Å². The van der Waals surface area contributed by atoms with Gasteiger partial charge in [-0.25, -0.2) is 10.9 Å². The fraction of sp³-hybridized carbons (Fsp3) is 0.381. The minimum Gasteiger partial charge on any atom is -0.341 e. The van der Waals surface area contributed by atoms with Crippen molar-refractivity contribution in [3.8, 4) is 0 Å². The van der Waals surface area contributed by atoms with E-state index in [2.05, 4.69) is 21.2 Å². The summed E-state index contributed by atoms with van der Waals surface area (Å²) in [7, 11) is 0. The van der Waals surface area contributed by atoms with Gasteiger partial charge in [-0.2, -0.15) is 0 Å². The number of nitrogens with one attached hydrogen (secondary N) is 3. The molecule has 29 heavy (non-hydrogen) atoms. The molecule has 3 N–H and O–H groups in total. The summed E-state index contributed by atoms with van der Waals surface area (Å²) in [6.07, 6.45) is 3.97. The third-order valence-electron chi connectivity index (χ3n) is 5.46. The quantitative estimate of drug-likeness (QED) is 0.717. The number of hydrogen-bond acceptors (Lipinski definition) is 5. The van der Waals surface area contributed by atoms with Crippen molar-refractivity contribution in [2.75, 3.05) is 18.4 Å². The Labute approximate surface area is 174 Å². The van der Waals surface area contributed by atoms with Crippen LogP contribution in [0.1, 0.15) is 31.0 Å². The standard InChI is InChI=1S/C21H24ClN5O2/c22-15-6-8-16(9-7-15)24-20(28)14-4-3-11-27(13-14)21(29)19-12-18(25-26-19)17-5-1-2-10-23-17/h1-2,5-10,14,18-19,25-26H,3-4,11-13H2,(H,24,28). The van der Waals surface area contributed by atoms with Crippen molar-refractivity contribution in [2.24, 2.45) is 5.92 Å². The number of piperidine rings is 1. The highest BCUT2D eigenvalue weighted by Gasteiger charge is 2.36. The first-order valence-electron chi connectivity index (χ1n) is 9.87. The number of hydrazine groups is 1. The summed E-state index contributed by atoms with van der Waals surface area (Å²) < 4.78 is 0. The van der Waals surface area contributed by atoms with Gasteiger partial charge in [-0.1, -0.05) is 17.7 Å². The average molecular weight is 414 g/mol. The Morgan fingerprint density at radius 1 is 1.14 bits per heavy atom. The van der Waals surface area contributed by atoms with Crippen LogP contribution in [0.5, 0.6) is 0 Å². The van der Waals surface area contributed by atoms with E-state index in [1.54, 1.807) is 35.4 Å². The molecule has 1 aromatic heterocycles. The van der Waals surface area contributed by atoms with Gasteiger partial charge in [-0.15, -0.1) is 0 Å². The lowest BCUT2D eigenvalue weighted by Gasteiger charge is -2.33. The van der Waals surface area contributed by atoms with E-state index in [4.69, 9.17) is 11.6 Å². The van der Waals surface area contributed by atoms with Gasteiger partial charge in [0.1, 0.15) is 6.04 Å². The second-order valence-corrected chi connectivity index (χ2v) is 7.94. The van der Waals surface area contributed by atoms with Gasteiger partial charge in [0.15, 0.2) is 0 Å². The van der Waals surface area contributed by atoms with Gasteiger partial charge in [-0.05, 0) is 55.7 Å². The summed E-state index contributed by atoms with van der Waals surface area (Å²) >= 11 is 5.89. The number of anilines is 1. The van der Waals surface area contributed by atoms with E-state index in [-0.39, 0.29) is 29.8 Å². The topological polar surface area (TPSA) is 86.4 Å². The van der Waals surface area contributed by atoms with Crippen molar-refractivity contribution >= 4 is 29.1 Å². The molecular formula is C21H24ClN5O2. The monoisotopic (exact) mass is 413 g/mol. The molecule has 2 amide bonds. The van der Waals surface area contributed by atoms with E-state index in [0.717, 1.165) is 18.5 Å². The van der Waals surface area contributed by atoms with Gasteiger partial charge in [-0.3, -0.25) is 14.6 Å². The van der Waals surface area contributed by atoms with Crippen LogP contribution in [0, 0.1) is 5.92 Å². The molecule has 4 rings (SSSR count). The summed E-state index contributed by atoms with van der Waals surface area (Å²) in [4.78, 5) is 31.8. The lowest BCUT2D eigenvalue weighted by Crippen LogP contribution is -2.50. The fourth-order valence-electron chi connectivity index (χ4n) is 3.88. The number of carbonyl (C=O) groups excluding carboxylic acids is 2. The summed E-state index contributed by atoms with van der Waals surface area (Å²) in [6, 6.07) is 12.5. The Kier molecular flexibility index (Phi) is 6.08. The molecule has 3 heterocycles. The predicted octanol–water partition coefficient (Wildman–Crippen LogP) is 2.52. The van der Waals surface area contributed by atoms with Crippen molar-refractivity contribution in [3.63, 3.8) is 0 Å². The molecule has 152 valence electrons. The zero-order chi connectivity index (χ0) is 20.2. The maximum atomic E-state index is 13.0. The largest absolute Gasteiger partial charge is 0.341 e. The van der Waals surface area contributed by atoms with Crippen molar-refractivity contribution in [1.82, 2.24) is 20.7 Å². The molecule has 3 atom stereocenters. The molecule has 0 radical (unpaired) electrons. The normalized spacial score (nSPS) is 24.3. The SMILES string of the molecule is O=C(Nc1ccc(Cl)cc1)C1CCCN(C(=O)C2CC(c3ccccn3)NN2)C1. The number of pyridine rings is 1. The van der Waals surface area contributed by atoms with Crippen LogP contribution in [0.4, 0.5) is 5.69 Å². The number of halogens is 1. The van der Waals surface area contributed by atoms with Crippen LogP contribution in [0.2, 0.25) is 5.02 Å². The maximum Gasteiger partial charge on any atom is 0.241 e. The van der Waals surface area contributed by atoms with Gasteiger partial charge in [0.25, 0.3) is 0 Å². The van der Waals surface area contributed by atoms with Gasteiger partial charge >= 0.3 is 0 Å². The summed E-state index contributed by atoms with van der Waals surface area (Å²) in [5.74, 6) is -0.252. The molecule has 8 heteroatoms. The van der Waals surface area contributed by atoms with Gasteiger partial charge in [0.05, 0.1) is 17.7 Å². The molecule has 0 spiro atoms. The van der Waals surface area contributed by atoms with E-state index in [1.807, 2.05) is 18.2 Å². The van der Waals surface area contributed by atoms with E-state index >= 15 is 0 Å². The van der Waals surface area contributed by atoms with Crippen molar-refractivity contribution in [3.05, 3.63) is 59.4 Å². The zero-order valence-electron chi connectivity index (χ0n) is 16.0. The van der Waals surface area contributed by atoms with Gasteiger partial charge in [0.2, 0.25) is 11.8 Å². The smallest absolute Gasteiger partial charge is 0.241 e. The molecule has 2 saturated heterocycles.